The smallest absolute Gasteiger partial charge is 0.261 e. The SMILES string of the molecule is NC(=O)c1c(NC(=O)Cn2cnc3ccc(Br)cc3c2=O)sc2c1CCCC2. The minimum atomic E-state index is -0.538. The fourth-order valence-electron chi connectivity index (χ4n) is 3.48. The molecule has 0 saturated heterocycles. The summed E-state index contributed by atoms with van der Waals surface area (Å²) in [5.41, 5.74) is 7.17. The first-order chi connectivity index (χ1) is 13.4. The summed E-state index contributed by atoms with van der Waals surface area (Å²) in [6.07, 6.45) is 5.10. The zero-order chi connectivity index (χ0) is 19.8. The van der Waals surface area contributed by atoms with E-state index in [9.17, 15) is 14.4 Å². The van der Waals surface area contributed by atoms with Crippen LogP contribution in [0.2, 0.25) is 0 Å². The van der Waals surface area contributed by atoms with Crippen molar-refractivity contribution < 1.29 is 9.59 Å². The second-order valence-corrected chi connectivity index (χ2v) is 8.69. The Kier molecular flexibility index (Phi) is 5.03. The van der Waals surface area contributed by atoms with Crippen LogP contribution in [0.1, 0.15) is 33.6 Å². The van der Waals surface area contributed by atoms with E-state index in [-0.39, 0.29) is 12.1 Å². The standard InChI is InChI=1S/C19H17BrN4O3S/c20-10-5-6-13-12(7-10)19(27)24(9-22-13)8-15(25)23-18-16(17(21)26)11-3-1-2-4-14(11)28-18/h5-7,9H,1-4,8H2,(H2,21,26)(H,23,25). The molecule has 2 aromatic heterocycles. The van der Waals surface area contributed by atoms with Crippen molar-refractivity contribution in [3.8, 4) is 0 Å². The van der Waals surface area contributed by atoms with E-state index in [1.165, 1.54) is 22.2 Å². The number of rotatable bonds is 4. The average Bonchev–Trinajstić information content (AvgIpc) is 3.02. The number of aryl methyl sites for hydroxylation is 1. The summed E-state index contributed by atoms with van der Waals surface area (Å²) in [6.45, 7) is -0.199. The Balaban J connectivity index is 1.61. The van der Waals surface area contributed by atoms with Crippen molar-refractivity contribution in [1.29, 1.82) is 0 Å². The number of halogens is 1. The lowest BCUT2D eigenvalue weighted by Crippen LogP contribution is -2.28. The Morgan fingerprint density at radius 3 is 2.86 bits per heavy atom. The number of carbonyl (C=O) groups is 2. The molecule has 9 heteroatoms. The van der Waals surface area contributed by atoms with E-state index in [0.717, 1.165) is 40.6 Å². The van der Waals surface area contributed by atoms with Crippen LogP contribution in [0.15, 0.2) is 33.8 Å². The van der Waals surface area contributed by atoms with E-state index in [1.54, 1.807) is 18.2 Å². The lowest BCUT2D eigenvalue weighted by Gasteiger charge is -2.11. The highest BCUT2D eigenvalue weighted by molar-refractivity contribution is 9.10. The molecule has 0 unspecified atom stereocenters. The number of anilines is 1. The van der Waals surface area contributed by atoms with Crippen LogP contribution in [0.5, 0.6) is 0 Å². The maximum Gasteiger partial charge on any atom is 0.261 e. The van der Waals surface area contributed by atoms with E-state index >= 15 is 0 Å². The number of nitrogens with two attached hydrogens (primary N) is 1. The third-order valence-corrected chi connectivity index (χ3v) is 6.47. The Bertz CT molecular complexity index is 1170. The molecule has 1 aliphatic rings. The van der Waals surface area contributed by atoms with Crippen LogP contribution in [0.3, 0.4) is 0 Å². The third kappa shape index (κ3) is 3.47. The number of hydrogen-bond donors (Lipinski definition) is 2. The monoisotopic (exact) mass is 460 g/mol. The Hall–Kier alpha value is -2.52. The van der Waals surface area contributed by atoms with Gasteiger partial charge in [0.2, 0.25) is 5.91 Å². The molecule has 0 bridgehead atoms. The molecule has 3 aromatic rings. The van der Waals surface area contributed by atoms with Crippen LogP contribution >= 0.6 is 27.3 Å². The van der Waals surface area contributed by atoms with Gasteiger partial charge >= 0.3 is 0 Å². The summed E-state index contributed by atoms with van der Waals surface area (Å²) in [5, 5.41) is 3.66. The van der Waals surface area contributed by atoms with E-state index in [2.05, 4.69) is 26.2 Å². The summed E-state index contributed by atoms with van der Waals surface area (Å²) >= 11 is 4.73. The lowest BCUT2D eigenvalue weighted by molar-refractivity contribution is -0.116. The molecule has 0 saturated carbocycles. The summed E-state index contributed by atoms with van der Waals surface area (Å²) in [5.74, 6) is -0.941. The molecule has 1 aliphatic carbocycles. The highest BCUT2D eigenvalue weighted by atomic mass is 79.9. The number of aromatic nitrogens is 2. The molecule has 0 spiro atoms. The quantitative estimate of drug-likeness (QED) is 0.623. The van der Waals surface area contributed by atoms with Crippen LogP contribution in [-0.2, 0) is 24.2 Å². The third-order valence-electron chi connectivity index (χ3n) is 4.77. The molecule has 0 atom stereocenters. The number of fused-ring (bicyclic) bond motifs is 2. The van der Waals surface area contributed by atoms with E-state index in [4.69, 9.17) is 5.73 Å². The molecule has 0 fully saturated rings. The van der Waals surface area contributed by atoms with Crippen molar-refractivity contribution in [2.45, 2.75) is 32.2 Å². The highest BCUT2D eigenvalue weighted by Crippen LogP contribution is 2.37. The Morgan fingerprint density at radius 1 is 1.29 bits per heavy atom. The highest BCUT2D eigenvalue weighted by Gasteiger charge is 2.25. The molecular weight excluding hydrogens is 444 g/mol. The molecule has 28 heavy (non-hydrogen) atoms. The zero-order valence-electron chi connectivity index (χ0n) is 14.8. The van der Waals surface area contributed by atoms with Crippen LogP contribution in [0.25, 0.3) is 10.9 Å². The molecule has 2 heterocycles. The van der Waals surface area contributed by atoms with Gasteiger partial charge in [-0.25, -0.2) is 4.98 Å². The van der Waals surface area contributed by atoms with Gasteiger partial charge in [0, 0.05) is 9.35 Å². The fraction of sp³-hybridized carbons (Fsp3) is 0.263. The van der Waals surface area contributed by atoms with Gasteiger partial charge in [0.05, 0.1) is 22.8 Å². The Morgan fingerprint density at radius 2 is 2.07 bits per heavy atom. The molecule has 144 valence electrons. The van der Waals surface area contributed by atoms with Crippen molar-refractivity contribution in [1.82, 2.24) is 9.55 Å². The number of hydrogen-bond acceptors (Lipinski definition) is 5. The first-order valence-electron chi connectivity index (χ1n) is 8.83. The molecule has 0 aliphatic heterocycles. The lowest BCUT2D eigenvalue weighted by atomic mass is 9.95. The van der Waals surface area contributed by atoms with Gasteiger partial charge in [0.1, 0.15) is 11.5 Å². The van der Waals surface area contributed by atoms with Gasteiger partial charge < -0.3 is 11.1 Å². The first kappa shape index (κ1) is 18.8. The minimum Gasteiger partial charge on any atom is -0.365 e. The van der Waals surface area contributed by atoms with Crippen LogP contribution in [-0.4, -0.2) is 21.4 Å². The molecule has 4 rings (SSSR count). The van der Waals surface area contributed by atoms with Crippen molar-refractivity contribution in [3.05, 3.63) is 55.4 Å². The van der Waals surface area contributed by atoms with E-state index in [0.29, 0.717) is 21.5 Å². The number of thiophene rings is 1. The first-order valence-corrected chi connectivity index (χ1v) is 10.4. The number of amides is 2. The van der Waals surface area contributed by atoms with Crippen molar-refractivity contribution in [3.63, 3.8) is 0 Å². The minimum absolute atomic E-state index is 0.199. The summed E-state index contributed by atoms with van der Waals surface area (Å²) in [7, 11) is 0. The van der Waals surface area contributed by atoms with Gasteiger partial charge in [-0.3, -0.25) is 19.0 Å². The molecule has 1 aromatic carbocycles. The average molecular weight is 461 g/mol. The topological polar surface area (TPSA) is 107 Å². The van der Waals surface area contributed by atoms with Gasteiger partial charge in [-0.2, -0.15) is 0 Å². The van der Waals surface area contributed by atoms with Gasteiger partial charge in [-0.05, 0) is 49.4 Å². The molecule has 7 nitrogen and oxygen atoms in total. The molecule has 2 amide bonds. The number of nitrogens with one attached hydrogen (secondary N) is 1. The second kappa shape index (κ2) is 7.48. The molecular formula is C19H17BrN4O3S. The van der Waals surface area contributed by atoms with Crippen LogP contribution in [0, 0.1) is 0 Å². The van der Waals surface area contributed by atoms with Crippen molar-refractivity contribution in [2.75, 3.05) is 5.32 Å². The maximum atomic E-state index is 12.7. The summed E-state index contributed by atoms with van der Waals surface area (Å²) in [6, 6.07) is 5.22. The second-order valence-electron chi connectivity index (χ2n) is 6.67. The van der Waals surface area contributed by atoms with Crippen molar-refractivity contribution >= 4 is 55.0 Å². The number of primary amides is 1. The fourth-order valence-corrected chi connectivity index (χ4v) is 5.15. The largest absolute Gasteiger partial charge is 0.365 e. The maximum absolute atomic E-state index is 12.7. The summed E-state index contributed by atoms with van der Waals surface area (Å²) < 4.78 is 2.01. The van der Waals surface area contributed by atoms with E-state index < -0.39 is 11.8 Å². The normalized spacial score (nSPS) is 13.3. The van der Waals surface area contributed by atoms with Crippen LogP contribution < -0.4 is 16.6 Å². The predicted molar refractivity (Wildman–Crippen MR) is 112 cm³/mol. The summed E-state index contributed by atoms with van der Waals surface area (Å²) in [4.78, 5) is 42.5. The molecule has 3 N–H and O–H groups in total. The van der Waals surface area contributed by atoms with E-state index in [1.807, 2.05) is 0 Å². The predicted octanol–water partition coefficient (Wildman–Crippen LogP) is 2.84. The number of carbonyl (C=O) groups excluding carboxylic acids is 2. The zero-order valence-corrected chi connectivity index (χ0v) is 17.2. The molecule has 0 radical (unpaired) electrons. The van der Waals surface area contributed by atoms with Gasteiger partial charge in [-0.15, -0.1) is 11.3 Å². The number of benzene rings is 1. The Labute approximate surface area is 172 Å². The van der Waals surface area contributed by atoms with Gasteiger partial charge in [-0.1, -0.05) is 15.9 Å². The van der Waals surface area contributed by atoms with Gasteiger partial charge in [0.15, 0.2) is 0 Å². The number of nitrogens with zero attached hydrogens (tertiary/aromatic N) is 2. The van der Waals surface area contributed by atoms with Gasteiger partial charge in [0.25, 0.3) is 11.5 Å². The van der Waals surface area contributed by atoms with Crippen LogP contribution in [0.4, 0.5) is 5.00 Å². The van der Waals surface area contributed by atoms with Crippen molar-refractivity contribution in [2.24, 2.45) is 5.73 Å².